The maximum atomic E-state index is 13.2. The number of nitrogens with zero attached hydrogens (tertiary/aromatic N) is 2. The Morgan fingerprint density at radius 3 is 2.56 bits per heavy atom. The molecule has 0 aliphatic carbocycles. The van der Waals surface area contributed by atoms with Gasteiger partial charge in [0.2, 0.25) is 0 Å². The van der Waals surface area contributed by atoms with Crippen LogP contribution in [0.3, 0.4) is 0 Å². The van der Waals surface area contributed by atoms with E-state index in [0.29, 0.717) is 5.69 Å². The summed E-state index contributed by atoms with van der Waals surface area (Å²) in [7, 11) is 0. The van der Waals surface area contributed by atoms with Crippen LogP contribution < -0.4 is 10.9 Å². The van der Waals surface area contributed by atoms with E-state index >= 15 is 0 Å². The van der Waals surface area contributed by atoms with E-state index < -0.39 is 23.0 Å². The second kappa shape index (κ2) is 6.86. The molecule has 0 aliphatic rings. The van der Waals surface area contributed by atoms with Crippen molar-refractivity contribution in [1.82, 2.24) is 9.78 Å². The third-order valence-corrected chi connectivity index (χ3v) is 3.81. The summed E-state index contributed by atoms with van der Waals surface area (Å²) in [6.45, 7) is 0. The number of nitrogens with one attached hydrogen (secondary N) is 1. The molecular weight excluding hydrogens is 393 g/mol. The second-order valence-corrected chi connectivity index (χ2v) is 5.98. The standard InChI is InChI=1S/C17H11BrFN3O3/c18-10-4-6-13(7-5-10)22-15(24)9-14(23)16(21-22)17(25)20-12-3-1-2-11(19)8-12/h1-9,23H,(H,20,25). The normalized spacial score (nSPS) is 10.5. The van der Waals surface area contributed by atoms with Crippen LogP contribution in [0.2, 0.25) is 0 Å². The van der Waals surface area contributed by atoms with Crippen molar-refractivity contribution in [2.24, 2.45) is 0 Å². The Hall–Kier alpha value is -3.00. The monoisotopic (exact) mass is 403 g/mol. The van der Waals surface area contributed by atoms with E-state index in [9.17, 15) is 19.1 Å². The Bertz CT molecular complexity index is 1000. The van der Waals surface area contributed by atoms with Crippen LogP contribution in [0.15, 0.2) is 63.9 Å². The lowest BCUT2D eigenvalue weighted by molar-refractivity contribution is 0.101. The first-order chi connectivity index (χ1) is 11.9. The fraction of sp³-hybridized carbons (Fsp3) is 0. The lowest BCUT2D eigenvalue weighted by Crippen LogP contribution is -2.25. The van der Waals surface area contributed by atoms with Crippen molar-refractivity contribution in [3.05, 3.63) is 80.9 Å². The minimum Gasteiger partial charge on any atom is -0.505 e. The fourth-order valence-electron chi connectivity index (χ4n) is 2.13. The van der Waals surface area contributed by atoms with Crippen molar-refractivity contribution in [2.45, 2.75) is 0 Å². The topological polar surface area (TPSA) is 84.2 Å². The van der Waals surface area contributed by atoms with Crippen LogP contribution in [-0.2, 0) is 0 Å². The molecule has 1 heterocycles. The first kappa shape index (κ1) is 16.8. The first-order valence-electron chi connectivity index (χ1n) is 7.10. The maximum absolute atomic E-state index is 13.2. The van der Waals surface area contributed by atoms with E-state index in [-0.39, 0.29) is 11.4 Å². The number of amides is 1. The van der Waals surface area contributed by atoms with Crippen molar-refractivity contribution in [1.29, 1.82) is 0 Å². The van der Waals surface area contributed by atoms with Crippen LogP contribution in [0.4, 0.5) is 10.1 Å². The molecule has 0 radical (unpaired) electrons. The summed E-state index contributed by atoms with van der Waals surface area (Å²) in [5, 5.41) is 16.2. The zero-order valence-corrected chi connectivity index (χ0v) is 14.2. The highest BCUT2D eigenvalue weighted by Gasteiger charge is 2.17. The molecule has 1 aromatic heterocycles. The number of carbonyl (C=O) groups is 1. The highest BCUT2D eigenvalue weighted by molar-refractivity contribution is 9.10. The number of aromatic nitrogens is 2. The van der Waals surface area contributed by atoms with Gasteiger partial charge in [-0.15, -0.1) is 0 Å². The zero-order chi connectivity index (χ0) is 18.0. The van der Waals surface area contributed by atoms with E-state index in [1.165, 1.54) is 18.2 Å². The van der Waals surface area contributed by atoms with Gasteiger partial charge in [-0.1, -0.05) is 22.0 Å². The van der Waals surface area contributed by atoms with Gasteiger partial charge in [0.25, 0.3) is 11.5 Å². The number of benzene rings is 2. The van der Waals surface area contributed by atoms with E-state index in [2.05, 4.69) is 26.3 Å². The Morgan fingerprint density at radius 1 is 1.16 bits per heavy atom. The highest BCUT2D eigenvalue weighted by atomic mass is 79.9. The molecule has 1 amide bonds. The third kappa shape index (κ3) is 3.74. The largest absolute Gasteiger partial charge is 0.505 e. The number of hydrogen-bond acceptors (Lipinski definition) is 4. The summed E-state index contributed by atoms with van der Waals surface area (Å²) in [6.07, 6.45) is 0. The quantitative estimate of drug-likeness (QED) is 0.703. The molecule has 0 fully saturated rings. The molecule has 8 heteroatoms. The van der Waals surface area contributed by atoms with Gasteiger partial charge in [0.1, 0.15) is 5.82 Å². The molecule has 0 saturated carbocycles. The number of carbonyl (C=O) groups excluding carboxylic acids is 1. The predicted octanol–water partition coefficient (Wildman–Crippen LogP) is 3.09. The van der Waals surface area contributed by atoms with Crippen molar-refractivity contribution in [3.63, 3.8) is 0 Å². The highest BCUT2D eigenvalue weighted by Crippen LogP contribution is 2.17. The van der Waals surface area contributed by atoms with Crippen LogP contribution in [0.1, 0.15) is 10.5 Å². The van der Waals surface area contributed by atoms with E-state index in [0.717, 1.165) is 21.3 Å². The molecule has 6 nitrogen and oxygen atoms in total. The lowest BCUT2D eigenvalue weighted by atomic mass is 10.2. The van der Waals surface area contributed by atoms with Gasteiger partial charge < -0.3 is 10.4 Å². The molecule has 0 aliphatic heterocycles. The SMILES string of the molecule is O=C(Nc1cccc(F)c1)c1nn(-c2ccc(Br)cc2)c(=O)cc1O. The third-order valence-electron chi connectivity index (χ3n) is 3.28. The zero-order valence-electron chi connectivity index (χ0n) is 12.6. The molecule has 3 aromatic rings. The molecule has 0 saturated heterocycles. The molecule has 2 N–H and O–H groups in total. The molecule has 126 valence electrons. The van der Waals surface area contributed by atoms with E-state index in [1.54, 1.807) is 24.3 Å². The minimum atomic E-state index is -0.769. The number of halogens is 2. The van der Waals surface area contributed by atoms with Crippen molar-refractivity contribution in [3.8, 4) is 11.4 Å². The number of rotatable bonds is 3. The van der Waals surface area contributed by atoms with Crippen molar-refractivity contribution >= 4 is 27.5 Å². The summed E-state index contributed by atoms with van der Waals surface area (Å²) in [5.41, 5.74) is -0.325. The van der Waals surface area contributed by atoms with Gasteiger partial charge in [0.15, 0.2) is 11.4 Å². The number of aromatic hydroxyl groups is 1. The number of anilines is 1. The van der Waals surface area contributed by atoms with Gasteiger partial charge in [-0.25, -0.2) is 4.39 Å². The summed E-state index contributed by atoms with van der Waals surface area (Å²) in [6, 6.07) is 12.9. The first-order valence-corrected chi connectivity index (χ1v) is 7.89. The van der Waals surface area contributed by atoms with Crippen molar-refractivity contribution < 1.29 is 14.3 Å². The van der Waals surface area contributed by atoms with Crippen LogP contribution in [0.25, 0.3) is 5.69 Å². The van der Waals surface area contributed by atoms with Crippen LogP contribution in [0, 0.1) is 5.82 Å². The molecule has 0 bridgehead atoms. The maximum Gasteiger partial charge on any atom is 0.279 e. The molecule has 2 aromatic carbocycles. The van der Waals surface area contributed by atoms with Gasteiger partial charge in [0, 0.05) is 16.2 Å². The predicted molar refractivity (Wildman–Crippen MR) is 93.6 cm³/mol. The van der Waals surface area contributed by atoms with Gasteiger partial charge >= 0.3 is 0 Å². The van der Waals surface area contributed by atoms with Crippen LogP contribution >= 0.6 is 15.9 Å². The molecule has 0 atom stereocenters. The average molecular weight is 404 g/mol. The molecule has 0 spiro atoms. The Labute approximate surface area is 149 Å². The van der Waals surface area contributed by atoms with Gasteiger partial charge in [-0.05, 0) is 42.5 Å². The van der Waals surface area contributed by atoms with E-state index in [1.807, 2.05) is 0 Å². The smallest absolute Gasteiger partial charge is 0.279 e. The molecule has 0 unspecified atom stereocenters. The summed E-state index contributed by atoms with van der Waals surface area (Å²) < 4.78 is 15.0. The summed E-state index contributed by atoms with van der Waals surface area (Å²) in [5.74, 6) is -1.85. The fourth-order valence-corrected chi connectivity index (χ4v) is 2.40. The number of hydrogen-bond donors (Lipinski definition) is 2. The average Bonchev–Trinajstić information content (AvgIpc) is 2.56. The van der Waals surface area contributed by atoms with Crippen LogP contribution in [0.5, 0.6) is 5.75 Å². The summed E-state index contributed by atoms with van der Waals surface area (Å²) >= 11 is 3.29. The van der Waals surface area contributed by atoms with Gasteiger partial charge in [0.05, 0.1) is 5.69 Å². The molecular formula is C17H11BrFN3O3. The Kier molecular flexibility index (Phi) is 4.62. The van der Waals surface area contributed by atoms with Crippen LogP contribution in [-0.4, -0.2) is 20.8 Å². The van der Waals surface area contributed by atoms with Crippen molar-refractivity contribution in [2.75, 3.05) is 5.32 Å². The Morgan fingerprint density at radius 2 is 1.88 bits per heavy atom. The van der Waals surface area contributed by atoms with Gasteiger partial charge in [-0.2, -0.15) is 9.78 Å². The Balaban J connectivity index is 1.98. The minimum absolute atomic E-state index is 0.201. The van der Waals surface area contributed by atoms with Gasteiger partial charge in [-0.3, -0.25) is 9.59 Å². The second-order valence-electron chi connectivity index (χ2n) is 5.07. The summed E-state index contributed by atoms with van der Waals surface area (Å²) in [4.78, 5) is 24.4. The van der Waals surface area contributed by atoms with E-state index in [4.69, 9.17) is 0 Å². The molecule has 3 rings (SSSR count). The molecule has 25 heavy (non-hydrogen) atoms. The lowest BCUT2D eigenvalue weighted by Gasteiger charge is -2.09.